The van der Waals surface area contributed by atoms with E-state index in [2.05, 4.69) is 5.32 Å². The molecule has 2 rings (SSSR count). The van der Waals surface area contributed by atoms with E-state index < -0.39 is 12.0 Å². The Bertz CT molecular complexity index is 673. The molecular formula is C18H18ClNO3. The lowest BCUT2D eigenvalue weighted by Crippen LogP contribution is -2.43. The molecule has 0 aliphatic rings. The Morgan fingerprint density at radius 3 is 2.43 bits per heavy atom. The molecule has 5 heteroatoms. The van der Waals surface area contributed by atoms with E-state index in [0.717, 1.165) is 11.1 Å². The molecule has 0 unspecified atom stereocenters. The molecule has 2 aromatic carbocycles. The quantitative estimate of drug-likeness (QED) is 0.828. The average Bonchev–Trinajstić information content (AvgIpc) is 2.54. The van der Waals surface area contributed by atoms with Crippen LogP contribution in [-0.2, 0) is 27.2 Å². The maximum Gasteiger partial charge on any atom is 0.328 e. The number of rotatable bonds is 6. The number of methoxy groups -OCH3 is 1. The second kappa shape index (κ2) is 8.34. The van der Waals surface area contributed by atoms with E-state index in [9.17, 15) is 9.59 Å². The van der Waals surface area contributed by atoms with Crippen LogP contribution in [0, 0.1) is 0 Å². The zero-order valence-corrected chi connectivity index (χ0v) is 13.5. The zero-order valence-electron chi connectivity index (χ0n) is 12.8. The van der Waals surface area contributed by atoms with E-state index in [4.69, 9.17) is 16.3 Å². The third-order valence-electron chi connectivity index (χ3n) is 3.36. The third kappa shape index (κ3) is 5.42. The lowest BCUT2D eigenvalue weighted by atomic mass is 10.1. The number of carbonyl (C=O) groups excluding carboxylic acids is 2. The van der Waals surface area contributed by atoms with E-state index in [1.54, 1.807) is 18.2 Å². The molecule has 23 heavy (non-hydrogen) atoms. The van der Waals surface area contributed by atoms with Gasteiger partial charge in [0.05, 0.1) is 13.5 Å². The monoisotopic (exact) mass is 331 g/mol. The predicted molar refractivity (Wildman–Crippen MR) is 89.2 cm³/mol. The Morgan fingerprint density at radius 2 is 1.78 bits per heavy atom. The second-order valence-corrected chi connectivity index (χ2v) is 5.58. The van der Waals surface area contributed by atoms with Gasteiger partial charge in [0.15, 0.2) is 0 Å². The highest BCUT2D eigenvalue weighted by molar-refractivity contribution is 6.30. The van der Waals surface area contributed by atoms with Gasteiger partial charge >= 0.3 is 5.97 Å². The van der Waals surface area contributed by atoms with Crippen LogP contribution in [0.2, 0.25) is 5.02 Å². The van der Waals surface area contributed by atoms with Crippen LogP contribution in [0.5, 0.6) is 0 Å². The Labute approximate surface area is 140 Å². The number of carbonyl (C=O) groups is 2. The summed E-state index contributed by atoms with van der Waals surface area (Å²) in [5, 5.41) is 3.30. The molecule has 1 N–H and O–H groups in total. The topological polar surface area (TPSA) is 55.4 Å². The number of nitrogens with one attached hydrogen (secondary N) is 1. The van der Waals surface area contributed by atoms with E-state index in [-0.39, 0.29) is 12.3 Å². The van der Waals surface area contributed by atoms with Gasteiger partial charge in [0.1, 0.15) is 6.04 Å². The molecule has 0 aromatic heterocycles. The number of hydrogen-bond donors (Lipinski definition) is 1. The van der Waals surface area contributed by atoms with Gasteiger partial charge in [-0.2, -0.15) is 0 Å². The molecule has 1 atom stereocenters. The summed E-state index contributed by atoms with van der Waals surface area (Å²) >= 11 is 5.91. The molecule has 2 aromatic rings. The van der Waals surface area contributed by atoms with Crippen LogP contribution >= 0.6 is 11.6 Å². The fraction of sp³-hybridized carbons (Fsp3) is 0.222. The largest absolute Gasteiger partial charge is 0.467 e. The predicted octanol–water partition coefficient (Wildman–Crippen LogP) is 2.78. The molecular weight excluding hydrogens is 314 g/mol. The molecule has 0 saturated heterocycles. The van der Waals surface area contributed by atoms with Gasteiger partial charge in [0.2, 0.25) is 5.91 Å². The molecule has 0 spiro atoms. The molecule has 4 nitrogen and oxygen atoms in total. The molecule has 0 heterocycles. The fourth-order valence-electron chi connectivity index (χ4n) is 2.26. The van der Waals surface area contributed by atoms with Crippen molar-refractivity contribution < 1.29 is 14.3 Å². The number of amides is 1. The summed E-state index contributed by atoms with van der Waals surface area (Å²) in [4.78, 5) is 24.1. The van der Waals surface area contributed by atoms with E-state index in [1.165, 1.54) is 7.11 Å². The summed E-state index contributed by atoms with van der Waals surface area (Å²) in [5.74, 6) is -0.716. The standard InChI is InChI=1S/C18H18ClNO3/c1-23-18(22)16(11-13-6-3-2-4-7-13)20-17(21)12-14-8-5-9-15(19)10-14/h2-10,16H,11-12H2,1H3,(H,20,21)/t16-/m0/s1. The first-order valence-electron chi connectivity index (χ1n) is 7.24. The maximum atomic E-state index is 12.2. The minimum atomic E-state index is -0.714. The Balaban J connectivity index is 2.02. The number of hydrogen-bond acceptors (Lipinski definition) is 3. The van der Waals surface area contributed by atoms with Crippen molar-refractivity contribution in [3.8, 4) is 0 Å². The number of ether oxygens (including phenoxy) is 1. The first-order chi connectivity index (χ1) is 11.1. The summed E-state index contributed by atoms with van der Waals surface area (Å²) < 4.78 is 4.78. The number of halogens is 1. The second-order valence-electron chi connectivity index (χ2n) is 5.14. The Kier molecular flexibility index (Phi) is 6.18. The molecule has 0 bridgehead atoms. The summed E-state index contributed by atoms with van der Waals surface area (Å²) in [6.45, 7) is 0. The van der Waals surface area contributed by atoms with Crippen LogP contribution in [0.3, 0.4) is 0 Å². The lowest BCUT2D eigenvalue weighted by Gasteiger charge is -2.16. The van der Waals surface area contributed by atoms with E-state index >= 15 is 0 Å². The van der Waals surface area contributed by atoms with Gasteiger partial charge in [-0.05, 0) is 23.3 Å². The average molecular weight is 332 g/mol. The van der Waals surface area contributed by atoms with Crippen LogP contribution in [0.25, 0.3) is 0 Å². The van der Waals surface area contributed by atoms with Gasteiger partial charge in [0, 0.05) is 11.4 Å². The van der Waals surface area contributed by atoms with Gasteiger partial charge < -0.3 is 10.1 Å². The van der Waals surface area contributed by atoms with Crippen molar-refractivity contribution in [3.63, 3.8) is 0 Å². The smallest absolute Gasteiger partial charge is 0.328 e. The van der Waals surface area contributed by atoms with Crippen molar-refractivity contribution in [2.75, 3.05) is 7.11 Å². The zero-order chi connectivity index (χ0) is 16.7. The third-order valence-corrected chi connectivity index (χ3v) is 3.59. The van der Waals surface area contributed by atoms with E-state index in [0.29, 0.717) is 11.4 Å². The molecule has 1 amide bonds. The van der Waals surface area contributed by atoms with E-state index in [1.807, 2.05) is 36.4 Å². The summed E-state index contributed by atoms with van der Waals surface area (Å²) in [6, 6.07) is 15.8. The molecule has 120 valence electrons. The van der Waals surface area contributed by atoms with Crippen molar-refractivity contribution in [3.05, 3.63) is 70.7 Å². The summed E-state index contributed by atoms with van der Waals surface area (Å²) in [5.41, 5.74) is 1.74. The molecule has 0 saturated carbocycles. The van der Waals surface area contributed by atoms with Crippen LogP contribution in [0.1, 0.15) is 11.1 Å². The van der Waals surface area contributed by atoms with Crippen LogP contribution < -0.4 is 5.32 Å². The highest BCUT2D eigenvalue weighted by Crippen LogP contribution is 2.11. The maximum absolute atomic E-state index is 12.2. The Hall–Kier alpha value is -2.33. The normalized spacial score (nSPS) is 11.6. The van der Waals surface area contributed by atoms with Crippen molar-refractivity contribution >= 4 is 23.5 Å². The summed E-state index contributed by atoms with van der Waals surface area (Å²) in [7, 11) is 1.31. The van der Waals surface area contributed by atoms with Gasteiger partial charge in [-0.15, -0.1) is 0 Å². The van der Waals surface area contributed by atoms with Gasteiger partial charge in [-0.1, -0.05) is 54.1 Å². The number of benzene rings is 2. The Morgan fingerprint density at radius 1 is 1.09 bits per heavy atom. The first kappa shape index (κ1) is 17.0. The molecule has 0 radical (unpaired) electrons. The molecule has 0 aliphatic heterocycles. The van der Waals surface area contributed by atoms with Gasteiger partial charge in [-0.3, -0.25) is 4.79 Å². The summed E-state index contributed by atoms with van der Waals surface area (Å²) in [6.07, 6.45) is 0.539. The fourth-order valence-corrected chi connectivity index (χ4v) is 2.48. The van der Waals surface area contributed by atoms with Crippen LogP contribution in [0.4, 0.5) is 0 Å². The van der Waals surface area contributed by atoms with Crippen molar-refractivity contribution in [1.29, 1.82) is 0 Å². The molecule has 0 aliphatic carbocycles. The highest BCUT2D eigenvalue weighted by atomic mass is 35.5. The van der Waals surface area contributed by atoms with Crippen molar-refractivity contribution in [2.45, 2.75) is 18.9 Å². The van der Waals surface area contributed by atoms with Crippen LogP contribution in [-0.4, -0.2) is 25.0 Å². The highest BCUT2D eigenvalue weighted by Gasteiger charge is 2.21. The SMILES string of the molecule is COC(=O)[C@H](Cc1ccccc1)NC(=O)Cc1cccc(Cl)c1. The minimum absolute atomic E-state index is 0.156. The van der Waals surface area contributed by atoms with Gasteiger partial charge in [-0.25, -0.2) is 4.79 Å². The van der Waals surface area contributed by atoms with Crippen molar-refractivity contribution in [2.24, 2.45) is 0 Å². The minimum Gasteiger partial charge on any atom is -0.467 e. The first-order valence-corrected chi connectivity index (χ1v) is 7.62. The molecule has 0 fully saturated rings. The van der Waals surface area contributed by atoms with Crippen LogP contribution in [0.15, 0.2) is 54.6 Å². The van der Waals surface area contributed by atoms with Crippen molar-refractivity contribution in [1.82, 2.24) is 5.32 Å². The number of esters is 1. The lowest BCUT2D eigenvalue weighted by molar-refractivity contribution is -0.145. The van der Waals surface area contributed by atoms with Gasteiger partial charge in [0.25, 0.3) is 0 Å².